The summed E-state index contributed by atoms with van der Waals surface area (Å²) in [7, 11) is 0. The smallest absolute Gasteiger partial charge is 0.361 e. The quantitative estimate of drug-likeness (QED) is 0.624. The molecule has 5 nitrogen and oxygen atoms in total. The second-order valence-corrected chi connectivity index (χ2v) is 5.55. The number of carbonyl (C=O) groups is 2. The van der Waals surface area contributed by atoms with Crippen LogP contribution in [-0.4, -0.2) is 23.5 Å². The van der Waals surface area contributed by atoms with Gasteiger partial charge in [0, 0.05) is 11.5 Å². The highest BCUT2D eigenvalue weighted by Gasteiger charge is 2.37. The molecule has 2 aromatic rings. The van der Waals surface area contributed by atoms with Gasteiger partial charge in [-0.15, -0.1) is 0 Å². The zero-order valence-corrected chi connectivity index (χ0v) is 12.9. The number of ether oxygens (including phenoxy) is 1. The number of nitrogens with zero attached hydrogens (tertiary/aromatic N) is 1. The molecule has 3 rings (SSSR count). The van der Waals surface area contributed by atoms with Crippen molar-refractivity contribution < 1.29 is 23.2 Å². The van der Waals surface area contributed by atoms with Gasteiger partial charge in [0.25, 0.3) is 0 Å². The Morgan fingerprint density at radius 3 is 2.74 bits per heavy atom. The van der Waals surface area contributed by atoms with Crippen LogP contribution in [0.4, 0.5) is 4.39 Å². The first-order valence-corrected chi connectivity index (χ1v) is 7.50. The van der Waals surface area contributed by atoms with Crippen molar-refractivity contribution in [1.29, 1.82) is 0 Å². The maximum absolute atomic E-state index is 13.3. The molecule has 0 bridgehead atoms. The summed E-state index contributed by atoms with van der Waals surface area (Å²) in [6, 6.07) is 3.90. The Morgan fingerprint density at radius 1 is 1.39 bits per heavy atom. The van der Waals surface area contributed by atoms with E-state index < -0.39 is 17.6 Å². The van der Waals surface area contributed by atoms with Crippen LogP contribution in [-0.2, 0) is 4.74 Å². The van der Waals surface area contributed by atoms with Crippen molar-refractivity contribution in [3.05, 3.63) is 52.2 Å². The third-order valence-corrected chi connectivity index (χ3v) is 3.80. The summed E-state index contributed by atoms with van der Waals surface area (Å²) >= 11 is 0. The minimum Gasteiger partial charge on any atom is -0.461 e. The molecule has 6 heteroatoms. The molecule has 0 amide bonds. The predicted molar refractivity (Wildman–Crippen MR) is 79.0 cm³/mol. The van der Waals surface area contributed by atoms with E-state index in [0.717, 1.165) is 12.8 Å². The molecular formula is C17H16FNO4. The van der Waals surface area contributed by atoms with Crippen LogP contribution in [0.3, 0.4) is 0 Å². The van der Waals surface area contributed by atoms with Crippen molar-refractivity contribution in [3.63, 3.8) is 0 Å². The molecule has 120 valence electrons. The van der Waals surface area contributed by atoms with Gasteiger partial charge in [-0.05, 0) is 50.5 Å². The highest BCUT2D eigenvalue weighted by atomic mass is 19.1. The highest BCUT2D eigenvalue weighted by molar-refractivity contribution is 6.15. The van der Waals surface area contributed by atoms with E-state index in [1.165, 1.54) is 18.2 Å². The Morgan fingerprint density at radius 2 is 2.13 bits per heavy atom. The molecule has 1 fully saturated rings. The maximum Gasteiger partial charge on any atom is 0.361 e. The van der Waals surface area contributed by atoms with Crippen molar-refractivity contribution in [1.82, 2.24) is 5.16 Å². The zero-order chi connectivity index (χ0) is 16.6. The number of halogens is 1. The van der Waals surface area contributed by atoms with E-state index in [1.807, 2.05) is 0 Å². The fourth-order valence-corrected chi connectivity index (χ4v) is 2.50. The monoisotopic (exact) mass is 317 g/mol. The molecule has 0 saturated heterocycles. The number of hydrogen-bond donors (Lipinski definition) is 0. The largest absolute Gasteiger partial charge is 0.461 e. The van der Waals surface area contributed by atoms with Crippen molar-refractivity contribution >= 4 is 11.8 Å². The lowest BCUT2D eigenvalue weighted by atomic mass is 9.96. The minimum absolute atomic E-state index is 0.102. The fourth-order valence-electron chi connectivity index (χ4n) is 2.50. The molecule has 0 unspecified atom stereocenters. The summed E-state index contributed by atoms with van der Waals surface area (Å²) in [4.78, 5) is 24.9. The van der Waals surface area contributed by atoms with Crippen LogP contribution in [0, 0.1) is 12.7 Å². The Bertz CT molecular complexity index is 777. The van der Waals surface area contributed by atoms with Crippen LogP contribution in [0.5, 0.6) is 0 Å². The van der Waals surface area contributed by atoms with E-state index in [4.69, 9.17) is 9.26 Å². The number of aromatic nitrogens is 1. The van der Waals surface area contributed by atoms with E-state index in [1.54, 1.807) is 13.8 Å². The lowest BCUT2D eigenvalue weighted by molar-refractivity contribution is 0.0512. The maximum atomic E-state index is 13.3. The number of carbonyl (C=O) groups excluding carboxylic acids is 2. The minimum atomic E-state index is -0.689. The van der Waals surface area contributed by atoms with Gasteiger partial charge in [0.1, 0.15) is 11.4 Å². The summed E-state index contributed by atoms with van der Waals surface area (Å²) < 4.78 is 23.5. The van der Waals surface area contributed by atoms with E-state index in [2.05, 4.69) is 5.16 Å². The Balaban J connectivity index is 2.07. The van der Waals surface area contributed by atoms with Crippen LogP contribution < -0.4 is 0 Å². The molecule has 0 radical (unpaired) electrons. The molecule has 1 aromatic carbocycles. The molecule has 0 aliphatic heterocycles. The Kier molecular flexibility index (Phi) is 3.98. The van der Waals surface area contributed by atoms with Gasteiger partial charge in [0.2, 0.25) is 5.69 Å². The lowest BCUT2D eigenvalue weighted by Crippen LogP contribution is -2.14. The van der Waals surface area contributed by atoms with Gasteiger partial charge in [-0.3, -0.25) is 4.79 Å². The summed E-state index contributed by atoms with van der Waals surface area (Å²) in [6.07, 6.45) is 1.78. The van der Waals surface area contributed by atoms with Crippen molar-refractivity contribution in [2.75, 3.05) is 6.61 Å². The molecule has 1 aliphatic rings. The third-order valence-electron chi connectivity index (χ3n) is 3.80. The summed E-state index contributed by atoms with van der Waals surface area (Å²) in [6.45, 7) is 3.49. The lowest BCUT2D eigenvalue weighted by Gasteiger charge is -2.06. The SMILES string of the molecule is CCOC(=O)c1noc(C2CC2)c1C(=O)c1ccc(F)cc1C. The van der Waals surface area contributed by atoms with Gasteiger partial charge < -0.3 is 9.26 Å². The zero-order valence-electron chi connectivity index (χ0n) is 12.9. The van der Waals surface area contributed by atoms with E-state index >= 15 is 0 Å². The third kappa shape index (κ3) is 2.88. The van der Waals surface area contributed by atoms with Crippen LogP contribution in [0.1, 0.15) is 63.4 Å². The highest BCUT2D eigenvalue weighted by Crippen LogP contribution is 2.43. The Labute approximate surface area is 132 Å². The standard InChI is InChI=1S/C17H16FNO4/c1-3-22-17(21)14-13(16(23-19-14)10-4-5-10)15(20)12-7-6-11(18)8-9(12)2/h6-8,10H,3-5H2,1-2H3. The molecule has 23 heavy (non-hydrogen) atoms. The fraction of sp³-hybridized carbons (Fsp3) is 0.353. The predicted octanol–water partition coefficient (Wildman–Crippen LogP) is 3.41. The normalized spacial score (nSPS) is 13.9. The van der Waals surface area contributed by atoms with Crippen molar-refractivity contribution in [2.24, 2.45) is 0 Å². The first kappa shape index (κ1) is 15.4. The molecule has 0 spiro atoms. The number of ketones is 1. The first-order chi connectivity index (χ1) is 11.0. The van der Waals surface area contributed by atoms with Crippen LogP contribution in [0.2, 0.25) is 0 Å². The molecule has 0 atom stereocenters. The summed E-state index contributed by atoms with van der Waals surface area (Å²) in [5.41, 5.74) is 0.845. The Hall–Kier alpha value is -2.50. The number of esters is 1. The second-order valence-electron chi connectivity index (χ2n) is 5.55. The van der Waals surface area contributed by atoms with Crippen molar-refractivity contribution in [2.45, 2.75) is 32.6 Å². The van der Waals surface area contributed by atoms with Gasteiger partial charge in [-0.1, -0.05) is 5.16 Å². The van der Waals surface area contributed by atoms with Crippen LogP contribution >= 0.6 is 0 Å². The van der Waals surface area contributed by atoms with Crippen LogP contribution in [0.25, 0.3) is 0 Å². The molecule has 1 aliphatic carbocycles. The molecule has 0 N–H and O–H groups in total. The van der Waals surface area contributed by atoms with E-state index in [-0.39, 0.29) is 23.8 Å². The molecule has 1 saturated carbocycles. The summed E-state index contributed by atoms with van der Waals surface area (Å²) in [5.74, 6) is -0.982. The topological polar surface area (TPSA) is 69.4 Å². The number of benzene rings is 1. The summed E-state index contributed by atoms with van der Waals surface area (Å²) in [5, 5.41) is 3.75. The average Bonchev–Trinajstić information content (AvgIpc) is 3.25. The molecule has 1 aromatic heterocycles. The number of rotatable bonds is 5. The molecule has 1 heterocycles. The van der Waals surface area contributed by atoms with Gasteiger partial charge in [-0.2, -0.15) is 0 Å². The van der Waals surface area contributed by atoms with Crippen LogP contribution in [0.15, 0.2) is 22.7 Å². The van der Waals surface area contributed by atoms with E-state index in [0.29, 0.717) is 16.9 Å². The van der Waals surface area contributed by atoms with Gasteiger partial charge in [-0.25, -0.2) is 9.18 Å². The van der Waals surface area contributed by atoms with Crippen molar-refractivity contribution in [3.8, 4) is 0 Å². The first-order valence-electron chi connectivity index (χ1n) is 7.50. The number of hydrogen-bond acceptors (Lipinski definition) is 5. The second kappa shape index (κ2) is 5.95. The van der Waals surface area contributed by atoms with Gasteiger partial charge in [0.15, 0.2) is 11.5 Å². The van der Waals surface area contributed by atoms with Gasteiger partial charge in [0.05, 0.1) is 6.61 Å². The van der Waals surface area contributed by atoms with E-state index in [9.17, 15) is 14.0 Å². The number of aryl methyl sites for hydroxylation is 1. The van der Waals surface area contributed by atoms with Gasteiger partial charge >= 0.3 is 5.97 Å². The average molecular weight is 317 g/mol. The molecular weight excluding hydrogens is 301 g/mol.